The van der Waals surface area contributed by atoms with E-state index < -0.39 is 28.1 Å². The lowest BCUT2D eigenvalue weighted by Crippen LogP contribution is -2.49. The molecule has 0 saturated carbocycles. The van der Waals surface area contributed by atoms with Crippen LogP contribution in [0.5, 0.6) is 0 Å². The van der Waals surface area contributed by atoms with Gasteiger partial charge in [0.05, 0.1) is 11.9 Å². The first kappa shape index (κ1) is 18.0. The number of aliphatic hydroxyl groups excluding tert-OH is 1. The van der Waals surface area contributed by atoms with E-state index in [4.69, 9.17) is 10.8 Å². The van der Waals surface area contributed by atoms with Crippen LogP contribution in [0.4, 0.5) is 0 Å². The molecule has 0 heterocycles. The molecule has 2 atom stereocenters. The normalized spacial score (nSPS) is 14.8. The minimum atomic E-state index is -3.61. The van der Waals surface area contributed by atoms with Crippen molar-refractivity contribution in [2.45, 2.75) is 38.8 Å². The van der Waals surface area contributed by atoms with Gasteiger partial charge < -0.3 is 10.8 Å². The number of halogens is 1. The van der Waals surface area contributed by atoms with Gasteiger partial charge in [0.25, 0.3) is 5.91 Å². The van der Waals surface area contributed by atoms with Crippen molar-refractivity contribution in [2.75, 3.05) is 5.75 Å². The van der Waals surface area contributed by atoms with Crippen molar-refractivity contribution in [3.05, 3.63) is 0 Å². The van der Waals surface area contributed by atoms with E-state index in [1.165, 1.54) is 6.92 Å². The summed E-state index contributed by atoms with van der Waals surface area (Å²) in [6, 6.07) is -1.22. The summed E-state index contributed by atoms with van der Waals surface area (Å²) in [7, 11) is -3.61. The molecule has 0 aromatic carbocycles. The third-order valence-electron chi connectivity index (χ3n) is 1.85. The molecule has 98 valence electrons. The molecule has 0 aliphatic heterocycles. The van der Waals surface area contributed by atoms with Gasteiger partial charge in [0.15, 0.2) is 0 Å². The van der Waals surface area contributed by atoms with Crippen molar-refractivity contribution in [3.8, 4) is 0 Å². The van der Waals surface area contributed by atoms with Gasteiger partial charge in [0.1, 0.15) is 6.04 Å². The van der Waals surface area contributed by atoms with Crippen LogP contribution in [-0.4, -0.2) is 37.3 Å². The Hall–Kier alpha value is -0.370. The Morgan fingerprint density at radius 2 is 2.00 bits per heavy atom. The van der Waals surface area contributed by atoms with Crippen LogP contribution in [0.1, 0.15) is 26.7 Å². The molecule has 0 aromatic heterocycles. The molecule has 0 aliphatic rings. The van der Waals surface area contributed by atoms with E-state index in [2.05, 4.69) is 0 Å². The third kappa shape index (κ3) is 7.00. The second-order valence-corrected chi connectivity index (χ2v) is 5.25. The highest BCUT2D eigenvalue weighted by Crippen LogP contribution is 1.95. The van der Waals surface area contributed by atoms with E-state index in [1.807, 2.05) is 11.6 Å². The van der Waals surface area contributed by atoms with Crippen molar-refractivity contribution in [2.24, 2.45) is 5.73 Å². The van der Waals surface area contributed by atoms with Gasteiger partial charge in [-0.2, -0.15) is 0 Å². The molecule has 0 rings (SSSR count). The van der Waals surface area contributed by atoms with E-state index in [0.29, 0.717) is 6.42 Å². The van der Waals surface area contributed by atoms with Gasteiger partial charge in [-0.1, -0.05) is 13.3 Å². The zero-order chi connectivity index (χ0) is 12.1. The monoisotopic (exact) mass is 274 g/mol. The van der Waals surface area contributed by atoms with E-state index in [1.54, 1.807) is 0 Å². The molecular formula is C8H19ClN2O4S. The fourth-order valence-corrected chi connectivity index (χ4v) is 2.04. The maximum absolute atomic E-state index is 11.3. The molecule has 8 heteroatoms. The molecule has 0 bridgehead atoms. The van der Waals surface area contributed by atoms with Gasteiger partial charge in [-0.25, -0.2) is 8.42 Å². The largest absolute Gasteiger partial charge is 0.391 e. The number of nitrogens with one attached hydrogen (secondary N) is 1. The Bertz CT molecular complexity index is 305. The van der Waals surface area contributed by atoms with Gasteiger partial charge in [0, 0.05) is 0 Å². The standard InChI is InChI=1S/C8H18N2O4S.ClH/c1-3-4-5-15(13,14)10-8(12)7(9)6(2)11;/h6-7,11H,3-5,9H2,1-2H3,(H,10,12);1H/t6-,7+;/m1./s1. The summed E-state index contributed by atoms with van der Waals surface area (Å²) in [5.41, 5.74) is 5.27. The highest BCUT2D eigenvalue weighted by molar-refractivity contribution is 7.90. The average molecular weight is 275 g/mol. The van der Waals surface area contributed by atoms with Crippen LogP contribution < -0.4 is 10.5 Å². The van der Waals surface area contributed by atoms with Gasteiger partial charge in [-0.3, -0.25) is 9.52 Å². The van der Waals surface area contributed by atoms with Crippen molar-refractivity contribution in [3.63, 3.8) is 0 Å². The van der Waals surface area contributed by atoms with Crippen molar-refractivity contribution >= 4 is 28.3 Å². The van der Waals surface area contributed by atoms with Crippen LogP contribution in [0.3, 0.4) is 0 Å². The molecule has 4 N–H and O–H groups in total. The molecule has 6 nitrogen and oxygen atoms in total. The molecular weight excluding hydrogens is 256 g/mol. The zero-order valence-corrected chi connectivity index (χ0v) is 11.0. The molecule has 0 aromatic rings. The lowest BCUT2D eigenvalue weighted by Gasteiger charge is -2.14. The topological polar surface area (TPSA) is 109 Å². The van der Waals surface area contributed by atoms with Crippen LogP contribution in [0, 0.1) is 0 Å². The maximum Gasteiger partial charge on any atom is 0.253 e. The molecule has 0 fully saturated rings. The quantitative estimate of drug-likeness (QED) is 0.597. The number of carbonyl (C=O) groups is 1. The first-order valence-electron chi connectivity index (χ1n) is 4.78. The van der Waals surface area contributed by atoms with E-state index in [9.17, 15) is 13.2 Å². The Labute approximate surface area is 102 Å². The van der Waals surface area contributed by atoms with E-state index in [0.717, 1.165) is 6.42 Å². The number of amides is 1. The first-order valence-corrected chi connectivity index (χ1v) is 6.43. The molecule has 16 heavy (non-hydrogen) atoms. The maximum atomic E-state index is 11.3. The van der Waals surface area contributed by atoms with Crippen LogP contribution in [0.25, 0.3) is 0 Å². The minimum Gasteiger partial charge on any atom is -0.391 e. The molecule has 0 aliphatic carbocycles. The fourth-order valence-electron chi connectivity index (χ4n) is 0.826. The number of sulfonamides is 1. The van der Waals surface area contributed by atoms with Crippen molar-refractivity contribution < 1.29 is 18.3 Å². The third-order valence-corrected chi connectivity index (χ3v) is 3.18. The number of nitrogens with two attached hydrogens (primary N) is 1. The number of hydrogen-bond acceptors (Lipinski definition) is 5. The number of carbonyl (C=O) groups excluding carboxylic acids is 1. The summed E-state index contributed by atoms with van der Waals surface area (Å²) in [6.07, 6.45) is 0.121. The Kier molecular flexibility index (Phi) is 8.81. The lowest BCUT2D eigenvalue weighted by molar-refractivity contribution is -0.122. The average Bonchev–Trinajstić information content (AvgIpc) is 2.12. The van der Waals surface area contributed by atoms with Crippen LogP contribution >= 0.6 is 12.4 Å². The van der Waals surface area contributed by atoms with Gasteiger partial charge in [0.2, 0.25) is 10.0 Å². The predicted octanol–water partition coefficient (Wildman–Crippen LogP) is -0.638. The molecule has 0 unspecified atom stereocenters. The SMILES string of the molecule is CCCCS(=O)(=O)NC(=O)[C@@H](N)[C@@H](C)O.Cl. The Morgan fingerprint density at radius 1 is 1.50 bits per heavy atom. The van der Waals surface area contributed by atoms with Crippen molar-refractivity contribution in [1.29, 1.82) is 0 Å². The number of hydrogen-bond donors (Lipinski definition) is 3. The zero-order valence-electron chi connectivity index (χ0n) is 9.34. The molecule has 0 spiro atoms. The summed E-state index contributed by atoms with van der Waals surface area (Å²) in [5.74, 6) is -0.983. The van der Waals surface area contributed by atoms with Gasteiger partial charge >= 0.3 is 0 Å². The predicted molar refractivity (Wildman–Crippen MR) is 63.7 cm³/mol. The van der Waals surface area contributed by atoms with E-state index in [-0.39, 0.29) is 18.2 Å². The number of rotatable bonds is 6. The Morgan fingerprint density at radius 3 is 2.38 bits per heavy atom. The second kappa shape index (κ2) is 7.83. The first-order chi connectivity index (χ1) is 6.80. The number of unbranched alkanes of at least 4 members (excludes halogenated alkanes) is 1. The molecule has 0 saturated heterocycles. The van der Waals surface area contributed by atoms with E-state index >= 15 is 0 Å². The molecule has 0 radical (unpaired) electrons. The highest BCUT2D eigenvalue weighted by Gasteiger charge is 2.23. The smallest absolute Gasteiger partial charge is 0.253 e. The Balaban J connectivity index is 0. The summed E-state index contributed by atoms with van der Waals surface area (Å²) < 4.78 is 24.3. The minimum absolute atomic E-state index is 0. The summed E-state index contributed by atoms with van der Waals surface area (Å²) in [5, 5.41) is 8.98. The highest BCUT2D eigenvalue weighted by atomic mass is 35.5. The fraction of sp³-hybridized carbons (Fsp3) is 0.875. The summed E-state index contributed by atoms with van der Waals surface area (Å²) in [6.45, 7) is 3.17. The van der Waals surface area contributed by atoms with Crippen molar-refractivity contribution in [1.82, 2.24) is 4.72 Å². The van der Waals surface area contributed by atoms with Gasteiger partial charge in [-0.15, -0.1) is 12.4 Å². The van der Waals surface area contributed by atoms with Gasteiger partial charge in [-0.05, 0) is 13.3 Å². The second-order valence-electron chi connectivity index (χ2n) is 3.41. The van der Waals surface area contributed by atoms with Crippen LogP contribution in [0.15, 0.2) is 0 Å². The van der Waals surface area contributed by atoms with Crippen LogP contribution in [-0.2, 0) is 14.8 Å². The number of aliphatic hydroxyl groups is 1. The summed E-state index contributed by atoms with van der Waals surface area (Å²) in [4.78, 5) is 11.2. The molecule has 1 amide bonds. The summed E-state index contributed by atoms with van der Waals surface area (Å²) >= 11 is 0. The van der Waals surface area contributed by atoms with Crippen LogP contribution in [0.2, 0.25) is 0 Å². The lowest BCUT2D eigenvalue weighted by atomic mass is 10.2.